The monoisotopic (exact) mass is 290 g/mol. The largest absolute Gasteiger partial charge is 0.384 e. The highest BCUT2D eigenvalue weighted by Crippen LogP contribution is 2.22. The van der Waals surface area contributed by atoms with Gasteiger partial charge in [0.05, 0.1) is 0 Å². The van der Waals surface area contributed by atoms with Crippen LogP contribution in [0.2, 0.25) is 0 Å². The highest BCUT2D eigenvalue weighted by Gasteiger charge is 2.29. The molecule has 0 radical (unpaired) electrons. The Hall–Kier alpha value is -0.990. The van der Waals surface area contributed by atoms with Crippen molar-refractivity contribution in [2.24, 2.45) is 11.1 Å². The minimum absolute atomic E-state index is 0.195. The molecule has 0 saturated carbocycles. The van der Waals surface area contributed by atoms with E-state index in [9.17, 15) is 8.42 Å². The van der Waals surface area contributed by atoms with Gasteiger partial charge in [0.25, 0.3) is 15.2 Å². The topological polar surface area (TPSA) is 100 Å². The number of primary sulfonamides is 1. The van der Waals surface area contributed by atoms with Gasteiger partial charge in [0.1, 0.15) is 5.82 Å². The molecule has 1 rings (SSSR count). The molecule has 1 heterocycles. The van der Waals surface area contributed by atoms with Crippen molar-refractivity contribution in [2.75, 3.05) is 13.7 Å². The van der Waals surface area contributed by atoms with Crippen LogP contribution in [0.5, 0.6) is 0 Å². The lowest BCUT2D eigenvalue weighted by Crippen LogP contribution is -2.30. The predicted molar refractivity (Wildman–Crippen MR) is 71.1 cm³/mol. The Labute approximate surface area is 114 Å². The first-order valence-electron chi connectivity index (χ1n) is 6.04. The van der Waals surface area contributed by atoms with E-state index in [4.69, 9.17) is 9.88 Å². The minimum Gasteiger partial charge on any atom is -0.384 e. The first kappa shape index (κ1) is 16.1. The second-order valence-corrected chi connectivity index (χ2v) is 7.17. The molecule has 0 spiro atoms. The van der Waals surface area contributed by atoms with E-state index in [2.05, 4.69) is 10.2 Å². The van der Waals surface area contributed by atoms with Gasteiger partial charge in [0, 0.05) is 25.7 Å². The average Bonchev–Trinajstić information content (AvgIpc) is 2.60. The zero-order valence-electron chi connectivity index (χ0n) is 12.0. The fourth-order valence-electron chi connectivity index (χ4n) is 1.95. The highest BCUT2D eigenvalue weighted by molar-refractivity contribution is 7.89. The Balaban J connectivity index is 3.24. The average molecular weight is 290 g/mol. The molecule has 0 saturated heterocycles. The summed E-state index contributed by atoms with van der Waals surface area (Å²) in [5, 5.41) is 12.7. The summed E-state index contributed by atoms with van der Waals surface area (Å²) < 4.78 is 29.8. The molecular formula is C11H22N4O3S. The van der Waals surface area contributed by atoms with Crippen molar-refractivity contribution in [2.45, 2.75) is 44.8 Å². The van der Waals surface area contributed by atoms with Gasteiger partial charge in [0.2, 0.25) is 0 Å². The number of aromatic nitrogens is 3. The van der Waals surface area contributed by atoms with Crippen molar-refractivity contribution in [3.05, 3.63) is 5.82 Å². The van der Waals surface area contributed by atoms with Gasteiger partial charge in [-0.3, -0.25) is 4.57 Å². The van der Waals surface area contributed by atoms with E-state index in [-0.39, 0.29) is 11.1 Å². The number of sulfonamides is 1. The molecular weight excluding hydrogens is 268 g/mol. The molecule has 19 heavy (non-hydrogen) atoms. The molecule has 0 bridgehead atoms. The molecule has 7 nitrogen and oxygen atoms in total. The van der Waals surface area contributed by atoms with Gasteiger partial charge in [-0.05, 0) is 26.7 Å². The van der Waals surface area contributed by atoms with Gasteiger partial charge >= 0.3 is 0 Å². The molecule has 0 aromatic carbocycles. The molecule has 1 atom stereocenters. The van der Waals surface area contributed by atoms with Gasteiger partial charge in [-0.1, -0.05) is 6.92 Å². The molecule has 1 unspecified atom stereocenters. The Morgan fingerprint density at radius 1 is 1.37 bits per heavy atom. The van der Waals surface area contributed by atoms with Crippen molar-refractivity contribution in [1.82, 2.24) is 14.8 Å². The highest BCUT2D eigenvalue weighted by atomic mass is 32.2. The third-order valence-corrected chi connectivity index (χ3v) is 3.38. The van der Waals surface area contributed by atoms with Gasteiger partial charge in [0.15, 0.2) is 0 Å². The molecule has 2 N–H and O–H groups in total. The van der Waals surface area contributed by atoms with Crippen LogP contribution >= 0.6 is 0 Å². The lowest BCUT2D eigenvalue weighted by atomic mass is 10.1. The maximum absolute atomic E-state index is 11.6. The molecule has 0 aliphatic rings. The van der Waals surface area contributed by atoms with Gasteiger partial charge in [-0.25, -0.2) is 13.6 Å². The normalized spacial score (nSPS) is 14.6. The zero-order chi connectivity index (χ0) is 14.8. The molecule has 1 aromatic rings. The van der Waals surface area contributed by atoms with Gasteiger partial charge < -0.3 is 4.74 Å². The van der Waals surface area contributed by atoms with Crippen molar-refractivity contribution < 1.29 is 13.2 Å². The lowest BCUT2D eigenvalue weighted by Gasteiger charge is -2.25. The van der Waals surface area contributed by atoms with Crippen molar-refractivity contribution in [3.63, 3.8) is 0 Å². The van der Waals surface area contributed by atoms with Gasteiger partial charge in [-0.15, -0.1) is 10.2 Å². The summed E-state index contributed by atoms with van der Waals surface area (Å²) in [6.45, 7) is 8.23. The van der Waals surface area contributed by atoms with Gasteiger partial charge in [-0.2, -0.15) is 0 Å². The molecule has 8 heteroatoms. The Morgan fingerprint density at radius 2 is 1.95 bits per heavy atom. The molecule has 110 valence electrons. The van der Waals surface area contributed by atoms with Crippen LogP contribution in [0.1, 0.15) is 33.5 Å². The van der Waals surface area contributed by atoms with Crippen molar-refractivity contribution in [1.29, 1.82) is 0 Å². The summed E-state index contributed by atoms with van der Waals surface area (Å²) in [6, 6.07) is 0. The second kappa shape index (κ2) is 5.56. The number of hydrogen-bond donors (Lipinski definition) is 1. The SMILES string of the molecule is COCC(C)Cc1nnc(S(N)(=O)=O)n1C(C)(C)C. The molecule has 0 aliphatic heterocycles. The summed E-state index contributed by atoms with van der Waals surface area (Å²) in [7, 11) is -2.26. The van der Waals surface area contributed by atoms with E-state index in [0.29, 0.717) is 18.9 Å². The summed E-state index contributed by atoms with van der Waals surface area (Å²) in [6.07, 6.45) is 0.577. The number of rotatable bonds is 5. The molecule has 0 fully saturated rings. The zero-order valence-corrected chi connectivity index (χ0v) is 12.9. The van der Waals surface area contributed by atoms with Crippen LogP contribution in [0.4, 0.5) is 0 Å². The van der Waals surface area contributed by atoms with Crippen LogP contribution in [-0.2, 0) is 26.7 Å². The summed E-state index contributed by atoms with van der Waals surface area (Å²) >= 11 is 0. The van der Waals surface area contributed by atoms with E-state index < -0.39 is 15.6 Å². The van der Waals surface area contributed by atoms with Crippen LogP contribution in [0.3, 0.4) is 0 Å². The van der Waals surface area contributed by atoms with Crippen molar-refractivity contribution in [3.8, 4) is 0 Å². The summed E-state index contributed by atoms with van der Waals surface area (Å²) in [5.74, 6) is 0.810. The van der Waals surface area contributed by atoms with Crippen LogP contribution < -0.4 is 5.14 Å². The van der Waals surface area contributed by atoms with Crippen LogP contribution in [-0.4, -0.2) is 36.9 Å². The fourth-order valence-corrected chi connectivity index (χ4v) is 2.73. The number of nitrogens with zero attached hydrogens (tertiary/aromatic N) is 3. The first-order chi connectivity index (χ1) is 8.57. The first-order valence-corrected chi connectivity index (χ1v) is 7.58. The fraction of sp³-hybridized carbons (Fsp3) is 0.818. The lowest BCUT2D eigenvalue weighted by molar-refractivity contribution is 0.157. The predicted octanol–water partition coefficient (Wildman–Crippen LogP) is 0.506. The molecule has 1 aromatic heterocycles. The van der Waals surface area contributed by atoms with Crippen molar-refractivity contribution >= 4 is 10.0 Å². The smallest absolute Gasteiger partial charge is 0.273 e. The third-order valence-electron chi connectivity index (χ3n) is 2.61. The Morgan fingerprint density at radius 3 is 2.37 bits per heavy atom. The van der Waals surface area contributed by atoms with Crippen LogP contribution in [0.25, 0.3) is 0 Å². The van der Waals surface area contributed by atoms with E-state index in [1.165, 1.54) is 0 Å². The van der Waals surface area contributed by atoms with E-state index in [0.717, 1.165) is 0 Å². The number of ether oxygens (including phenoxy) is 1. The Kier molecular flexibility index (Phi) is 4.70. The molecule has 0 aliphatic carbocycles. The van der Waals surface area contributed by atoms with E-state index in [1.54, 1.807) is 11.7 Å². The number of nitrogens with two attached hydrogens (primary N) is 1. The summed E-state index contributed by atoms with van der Waals surface area (Å²) in [5.41, 5.74) is -0.465. The van der Waals surface area contributed by atoms with Crippen LogP contribution in [0, 0.1) is 5.92 Å². The Bertz CT molecular complexity index is 531. The molecule has 0 amide bonds. The maximum Gasteiger partial charge on any atom is 0.273 e. The minimum atomic E-state index is -3.89. The third kappa shape index (κ3) is 3.99. The maximum atomic E-state index is 11.6. The number of methoxy groups -OCH3 is 1. The standard InChI is InChI=1S/C11H22N4O3S/c1-8(7-18-5)6-9-13-14-10(19(12,16)17)15(9)11(2,3)4/h8H,6-7H2,1-5H3,(H2,12,16,17). The van der Waals surface area contributed by atoms with E-state index in [1.807, 2.05) is 27.7 Å². The number of hydrogen-bond acceptors (Lipinski definition) is 5. The van der Waals surface area contributed by atoms with Crippen LogP contribution in [0.15, 0.2) is 5.16 Å². The van der Waals surface area contributed by atoms with E-state index >= 15 is 0 Å². The second-order valence-electron chi connectivity index (χ2n) is 5.71. The summed E-state index contributed by atoms with van der Waals surface area (Å²) in [4.78, 5) is 0. The quantitative estimate of drug-likeness (QED) is 0.851.